The van der Waals surface area contributed by atoms with E-state index >= 15 is 0 Å². The topological polar surface area (TPSA) is 51.3 Å². The first-order valence-electron chi connectivity index (χ1n) is 8.62. The number of furan rings is 1. The normalized spacial score (nSPS) is 16.4. The van der Waals surface area contributed by atoms with E-state index in [1.807, 2.05) is 28.8 Å². The van der Waals surface area contributed by atoms with Crippen molar-refractivity contribution < 1.29 is 9.21 Å². The number of aromatic nitrogens is 2. The lowest BCUT2D eigenvalue weighted by Gasteiger charge is -2.35. The van der Waals surface area contributed by atoms with E-state index in [9.17, 15) is 4.79 Å². The second-order valence-corrected chi connectivity index (χ2v) is 6.47. The molecule has 3 aromatic rings. The van der Waals surface area contributed by atoms with Gasteiger partial charge in [-0.25, -0.2) is 4.98 Å². The molecule has 1 aliphatic rings. The van der Waals surface area contributed by atoms with Crippen molar-refractivity contribution in [2.24, 2.45) is 7.05 Å². The molecule has 5 heteroatoms. The van der Waals surface area contributed by atoms with Crippen molar-refractivity contribution in [1.29, 1.82) is 0 Å². The summed E-state index contributed by atoms with van der Waals surface area (Å²) in [5.74, 6) is 1.15. The summed E-state index contributed by atoms with van der Waals surface area (Å²) in [4.78, 5) is 19.5. The Bertz CT molecular complexity index is 867. The number of benzene rings is 1. The molecule has 1 atom stereocenters. The van der Waals surface area contributed by atoms with Crippen LogP contribution in [0.1, 0.15) is 46.4 Å². The lowest BCUT2D eigenvalue weighted by molar-refractivity contribution is 0.0597. The van der Waals surface area contributed by atoms with Crippen LogP contribution in [-0.4, -0.2) is 20.4 Å². The van der Waals surface area contributed by atoms with Gasteiger partial charge in [0, 0.05) is 19.4 Å². The number of fused-ring (bicyclic) bond motifs is 1. The minimum atomic E-state index is -0.0882. The Morgan fingerprint density at radius 1 is 1.32 bits per heavy atom. The summed E-state index contributed by atoms with van der Waals surface area (Å²) < 4.78 is 7.34. The molecule has 0 fully saturated rings. The predicted octanol–water partition coefficient (Wildman–Crippen LogP) is 3.73. The van der Waals surface area contributed by atoms with Crippen LogP contribution in [0.15, 0.2) is 59.5 Å². The molecule has 0 N–H and O–H groups in total. The standard InChI is InChI=1S/C20H21N3O2/c1-22-12-11-21-19(22)14-23(20(24)18-10-5-13-25-18)17-9-4-7-15-6-2-3-8-16(15)17/h2-3,5-6,8,10-13,17H,4,7,9,14H2,1H3/t17-/m0/s1. The highest BCUT2D eigenvalue weighted by atomic mass is 16.3. The maximum atomic E-state index is 13.1. The van der Waals surface area contributed by atoms with Crippen LogP contribution >= 0.6 is 0 Å². The van der Waals surface area contributed by atoms with Crippen LogP contribution in [0.25, 0.3) is 0 Å². The van der Waals surface area contributed by atoms with Gasteiger partial charge >= 0.3 is 0 Å². The smallest absolute Gasteiger partial charge is 0.290 e. The van der Waals surface area contributed by atoms with Crippen molar-refractivity contribution in [1.82, 2.24) is 14.5 Å². The minimum Gasteiger partial charge on any atom is -0.459 e. The molecule has 25 heavy (non-hydrogen) atoms. The molecule has 5 nitrogen and oxygen atoms in total. The number of amides is 1. The SMILES string of the molecule is Cn1ccnc1CN(C(=O)c1ccco1)[C@H]1CCCc2ccccc21. The van der Waals surface area contributed by atoms with E-state index in [4.69, 9.17) is 4.42 Å². The zero-order chi connectivity index (χ0) is 17.2. The van der Waals surface area contributed by atoms with Gasteiger partial charge in [-0.15, -0.1) is 0 Å². The van der Waals surface area contributed by atoms with E-state index in [2.05, 4.69) is 23.2 Å². The predicted molar refractivity (Wildman–Crippen MR) is 93.9 cm³/mol. The maximum Gasteiger partial charge on any atom is 0.290 e. The largest absolute Gasteiger partial charge is 0.459 e. The third kappa shape index (κ3) is 2.97. The first-order valence-corrected chi connectivity index (χ1v) is 8.62. The monoisotopic (exact) mass is 335 g/mol. The third-order valence-electron chi connectivity index (χ3n) is 4.94. The molecule has 2 aromatic heterocycles. The molecule has 0 bridgehead atoms. The Kier molecular flexibility index (Phi) is 4.14. The molecule has 1 aromatic carbocycles. The maximum absolute atomic E-state index is 13.1. The van der Waals surface area contributed by atoms with E-state index in [0.29, 0.717) is 12.3 Å². The number of carbonyl (C=O) groups is 1. The molecule has 0 unspecified atom stereocenters. The number of hydrogen-bond acceptors (Lipinski definition) is 3. The highest BCUT2D eigenvalue weighted by Gasteiger charge is 2.31. The van der Waals surface area contributed by atoms with E-state index in [-0.39, 0.29) is 11.9 Å². The van der Waals surface area contributed by atoms with Crippen molar-refractivity contribution >= 4 is 5.91 Å². The van der Waals surface area contributed by atoms with Crippen LogP contribution in [0, 0.1) is 0 Å². The third-order valence-corrected chi connectivity index (χ3v) is 4.94. The molecule has 0 spiro atoms. The van der Waals surface area contributed by atoms with Crippen LogP contribution in [0.3, 0.4) is 0 Å². The van der Waals surface area contributed by atoms with E-state index in [1.165, 1.54) is 11.1 Å². The zero-order valence-corrected chi connectivity index (χ0v) is 14.3. The summed E-state index contributed by atoms with van der Waals surface area (Å²) in [6, 6.07) is 11.9. The second kappa shape index (κ2) is 6.59. The van der Waals surface area contributed by atoms with Gasteiger partial charge in [0.15, 0.2) is 5.76 Å². The number of nitrogens with zero attached hydrogens (tertiary/aromatic N) is 3. The van der Waals surface area contributed by atoms with Crippen LogP contribution in [0.4, 0.5) is 0 Å². The fourth-order valence-electron chi connectivity index (χ4n) is 3.62. The molecule has 2 heterocycles. The summed E-state index contributed by atoms with van der Waals surface area (Å²) in [5, 5.41) is 0. The molecule has 0 saturated heterocycles. The van der Waals surface area contributed by atoms with Gasteiger partial charge in [0.1, 0.15) is 5.82 Å². The highest BCUT2D eigenvalue weighted by Crippen LogP contribution is 2.35. The molecule has 1 amide bonds. The van der Waals surface area contributed by atoms with Crippen molar-refractivity contribution in [2.45, 2.75) is 31.8 Å². The Hall–Kier alpha value is -2.82. The minimum absolute atomic E-state index is 0.0410. The van der Waals surface area contributed by atoms with Gasteiger partial charge in [-0.3, -0.25) is 4.79 Å². The number of rotatable bonds is 4. The summed E-state index contributed by atoms with van der Waals surface area (Å²) in [7, 11) is 1.95. The summed E-state index contributed by atoms with van der Waals surface area (Å²) in [6.07, 6.45) is 8.30. The Morgan fingerprint density at radius 2 is 2.20 bits per heavy atom. The average molecular weight is 335 g/mol. The molecular weight excluding hydrogens is 314 g/mol. The lowest BCUT2D eigenvalue weighted by Crippen LogP contribution is -2.36. The number of imidazole rings is 1. The number of carbonyl (C=O) groups excluding carboxylic acids is 1. The molecule has 1 aliphatic carbocycles. The van der Waals surface area contributed by atoms with E-state index in [0.717, 1.165) is 25.1 Å². The van der Waals surface area contributed by atoms with Gasteiger partial charge in [0.2, 0.25) is 0 Å². The van der Waals surface area contributed by atoms with Crippen molar-refractivity contribution in [3.8, 4) is 0 Å². The fraction of sp³-hybridized carbons (Fsp3) is 0.300. The van der Waals surface area contributed by atoms with Gasteiger partial charge < -0.3 is 13.9 Å². The van der Waals surface area contributed by atoms with Gasteiger partial charge in [-0.1, -0.05) is 24.3 Å². The van der Waals surface area contributed by atoms with Crippen molar-refractivity contribution in [3.05, 3.63) is 77.8 Å². The Balaban J connectivity index is 1.73. The van der Waals surface area contributed by atoms with E-state index in [1.54, 1.807) is 24.6 Å². The first-order chi connectivity index (χ1) is 12.2. The van der Waals surface area contributed by atoms with Gasteiger partial charge in [-0.2, -0.15) is 0 Å². The number of aryl methyl sites for hydroxylation is 2. The molecule has 0 radical (unpaired) electrons. The molecule has 128 valence electrons. The Labute approximate surface area is 146 Å². The van der Waals surface area contributed by atoms with E-state index < -0.39 is 0 Å². The molecule has 0 aliphatic heterocycles. The van der Waals surface area contributed by atoms with Crippen LogP contribution in [-0.2, 0) is 20.0 Å². The van der Waals surface area contributed by atoms with Gasteiger partial charge in [0.25, 0.3) is 5.91 Å². The van der Waals surface area contributed by atoms with Crippen molar-refractivity contribution in [3.63, 3.8) is 0 Å². The Morgan fingerprint density at radius 3 is 2.96 bits per heavy atom. The summed E-state index contributed by atoms with van der Waals surface area (Å²) >= 11 is 0. The fourth-order valence-corrected chi connectivity index (χ4v) is 3.62. The second-order valence-electron chi connectivity index (χ2n) is 6.47. The highest BCUT2D eigenvalue weighted by molar-refractivity contribution is 5.91. The number of hydrogen-bond donors (Lipinski definition) is 0. The van der Waals surface area contributed by atoms with Crippen LogP contribution in [0.5, 0.6) is 0 Å². The summed E-state index contributed by atoms with van der Waals surface area (Å²) in [6.45, 7) is 0.460. The zero-order valence-electron chi connectivity index (χ0n) is 14.3. The van der Waals surface area contributed by atoms with Gasteiger partial charge in [0.05, 0.1) is 18.8 Å². The van der Waals surface area contributed by atoms with Crippen LogP contribution < -0.4 is 0 Å². The van der Waals surface area contributed by atoms with Crippen molar-refractivity contribution in [2.75, 3.05) is 0 Å². The molecular formula is C20H21N3O2. The average Bonchev–Trinajstić information content (AvgIpc) is 3.31. The summed E-state index contributed by atoms with van der Waals surface area (Å²) in [5.41, 5.74) is 2.57. The molecule has 4 rings (SSSR count). The quantitative estimate of drug-likeness (QED) is 0.730. The lowest BCUT2D eigenvalue weighted by atomic mass is 9.86. The van der Waals surface area contributed by atoms with Gasteiger partial charge in [-0.05, 0) is 42.5 Å². The molecule has 0 saturated carbocycles. The first kappa shape index (κ1) is 15.7. The van der Waals surface area contributed by atoms with Crippen LogP contribution in [0.2, 0.25) is 0 Å².